The van der Waals surface area contributed by atoms with Crippen LogP contribution in [-0.2, 0) is 20.4 Å². The Morgan fingerprint density at radius 1 is 1.39 bits per heavy atom. The van der Waals surface area contributed by atoms with Crippen molar-refractivity contribution in [2.75, 3.05) is 18.6 Å². The molecule has 5 rings (SSSR count). The molecule has 0 aliphatic carbocycles. The monoisotopic (exact) mass is 460 g/mol. The Kier molecular flexibility index (Phi) is 4.21. The number of nitrogens with zero attached hydrogens (tertiary/aromatic N) is 2. The van der Waals surface area contributed by atoms with Crippen molar-refractivity contribution in [2.24, 2.45) is 11.8 Å². The molecule has 6 atom stereocenters. The van der Waals surface area contributed by atoms with Gasteiger partial charge in [-0.3, -0.25) is 9.69 Å². The zero-order chi connectivity index (χ0) is 22.5. The molecular formula is C20H20ClF3N2O5. The highest BCUT2D eigenvalue weighted by molar-refractivity contribution is 6.31. The number of carbonyl (C=O) groups excluding carboxylic acids is 1. The molecule has 1 aromatic rings. The van der Waals surface area contributed by atoms with Crippen LogP contribution in [0.1, 0.15) is 25.3 Å². The van der Waals surface area contributed by atoms with E-state index in [4.69, 9.17) is 21.1 Å². The van der Waals surface area contributed by atoms with Gasteiger partial charge >= 0.3 is 12.3 Å². The number of halogens is 4. The van der Waals surface area contributed by atoms with Gasteiger partial charge in [-0.25, -0.2) is 4.79 Å². The number of fused-ring (bicyclic) bond motifs is 2. The molecule has 1 aromatic carbocycles. The molecule has 11 heteroatoms. The molecule has 0 aromatic heterocycles. The molecule has 2 bridgehead atoms. The van der Waals surface area contributed by atoms with Gasteiger partial charge in [0.05, 0.1) is 40.4 Å². The van der Waals surface area contributed by atoms with Gasteiger partial charge in [0, 0.05) is 31.5 Å². The third-order valence-corrected chi connectivity index (χ3v) is 7.72. The molecule has 1 N–H and O–H groups in total. The topological polar surface area (TPSA) is 79.3 Å². The summed E-state index contributed by atoms with van der Waals surface area (Å²) in [6, 6.07) is 2.79. The number of amides is 2. The van der Waals surface area contributed by atoms with E-state index in [1.807, 2.05) is 0 Å². The Morgan fingerprint density at radius 3 is 2.74 bits per heavy atom. The van der Waals surface area contributed by atoms with Crippen LogP contribution in [0.2, 0.25) is 5.02 Å². The van der Waals surface area contributed by atoms with E-state index in [2.05, 4.69) is 0 Å². The van der Waals surface area contributed by atoms with Crippen LogP contribution in [0.5, 0.6) is 0 Å². The molecule has 2 amide bonds. The number of anilines is 1. The number of benzene rings is 1. The molecule has 0 saturated carbocycles. The van der Waals surface area contributed by atoms with Crippen LogP contribution in [0.15, 0.2) is 18.2 Å². The number of ether oxygens (including phenoxy) is 2. The molecule has 0 unspecified atom stereocenters. The van der Waals surface area contributed by atoms with Crippen molar-refractivity contribution >= 4 is 29.3 Å². The summed E-state index contributed by atoms with van der Waals surface area (Å²) in [5.74, 6) is -1.56. The Balaban J connectivity index is 1.59. The number of alkyl halides is 3. The normalized spacial score (nSPS) is 38.5. The number of likely N-dealkylation sites (N-methyl/N-ethyl adjacent to an activating group) is 1. The molecule has 0 radical (unpaired) electrons. The summed E-state index contributed by atoms with van der Waals surface area (Å²) >= 11 is 5.75. The van der Waals surface area contributed by atoms with Crippen LogP contribution in [0.4, 0.5) is 23.7 Å². The number of carboxylic acid groups (broad SMARTS) is 1. The molecule has 168 valence electrons. The quantitative estimate of drug-likeness (QED) is 0.729. The zero-order valence-corrected chi connectivity index (χ0v) is 17.4. The second-order valence-electron chi connectivity index (χ2n) is 8.85. The maximum Gasteiger partial charge on any atom is 0.417 e. The third kappa shape index (κ3) is 2.61. The minimum Gasteiger partial charge on any atom is -0.465 e. The summed E-state index contributed by atoms with van der Waals surface area (Å²) < 4.78 is 52.5. The van der Waals surface area contributed by atoms with Crippen molar-refractivity contribution < 1.29 is 37.3 Å². The van der Waals surface area contributed by atoms with Gasteiger partial charge in [0.1, 0.15) is 6.23 Å². The van der Waals surface area contributed by atoms with Crippen molar-refractivity contribution in [1.82, 2.24) is 4.90 Å². The molecule has 4 heterocycles. The van der Waals surface area contributed by atoms with Crippen LogP contribution in [0.25, 0.3) is 0 Å². The molecule has 31 heavy (non-hydrogen) atoms. The molecule has 1 spiro atoms. The van der Waals surface area contributed by atoms with Gasteiger partial charge in [0.15, 0.2) is 0 Å². The van der Waals surface area contributed by atoms with Gasteiger partial charge in [-0.15, -0.1) is 0 Å². The Hall–Kier alpha value is -2.04. The van der Waals surface area contributed by atoms with E-state index in [9.17, 15) is 27.9 Å². The van der Waals surface area contributed by atoms with E-state index in [1.165, 1.54) is 18.0 Å². The maximum atomic E-state index is 13.6. The van der Waals surface area contributed by atoms with E-state index in [0.29, 0.717) is 12.8 Å². The summed E-state index contributed by atoms with van der Waals surface area (Å²) in [7, 11) is 1.44. The summed E-state index contributed by atoms with van der Waals surface area (Å²) in [4.78, 5) is 27.6. The molecule has 4 saturated heterocycles. The lowest BCUT2D eigenvalue weighted by Gasteiger charge is -2.44. The van der Waals surface area contributed by atoms with Gasteiger partial charge in [-0.2, -0.15) is 13.2 Å². The first-order chi connectivity index (χ1) is 14.4. The van der Waals surface area contributed by atoms with Gasteiger partial charge in [-0.1, -0.05) is 11.6 Å². The zero-order valence-electron chi connectivity index (χ0n) is 16.6. The first-order valence-corrected chi connectivity index (χ1v) is 10.3. The van der Waals surface area contributed by atoms with Crippen LogP contribution >= 0.6 is 11.6 Å². The largest absolute Gasteiger partial charge is 0.465 e. The van der Waals surface area contributed by atoms with Gasteiger partial charge in [0.2, 0.25) is 5.91 Å². The fourth-order valence-electron chi connectivity index (χ4n) is 6.13. The first kappa shape index (κ1) is 20.8. The molecule has 4 aliphatic heterocycles. The lowest BCUT2D eigenvalue weighted by molar-refractivity contribution is -0.141. The average molecular weight is 461 g/mol. The summed E-state index contributed by atoms with van der Waals surface area (Å²) in [6.07, 6.45) is -5.70. The van der Waals surface area contributed by atoms with Gasteiger partial charge < -0.3 is 19.5 Å². The second kappa shape index (κ2) is 6.26. The number of carbonyl (C=O) groups is 2. The highest BCUT2D eigenvalue weighted by Gasteiger charge is 2.78. The first-order valence-electron chi connectivity index (χ1n) is 9.88. The summed E-state index contributed by atoms with van der Waals surface area (Å²) in [5.41, 5.74) is -2.85. The van der Waals surface area contributed by atoms with Crippen LogP contribution in [0, 0.1) is 11.8 Å². The van der Waals surface area contributed by atoms with E-state index in [0.717, 1.165) is 17.0 Å². The minimum absolute atomic E-state index is 0.0457. The highest BCUT2D eigenvalue weighted by atomic mass is 35.5. The van der Waals surface area contributed by atoms with E-state index in [1.54, 1.807) is 6.92 Å². The smallest absolute Gasteiger partial charge is 0.417 e. The number of hydrogen-bond acceptors (Lipinski definition) is 4. The van der Waals surface area contributed by atoms with Crippen LogP contribution in [-0.4, -0.2) is 59.1 Å². The molecule has 4 fully saturated rings. The standard InChI is InChI=1S/C20H20ClF3N2O5/c1-18-12(25(2)17(28)29)8-19(31-18)5-6-30-16-14(19)13(18)15(27)26(16)9-3-4-11(21)10(7-9)20(22,23)24/h3-4,7,12-14,16H,5-6,8H2,1-2H3,(H,28,29)/t12-,13+,14-,16-,18+,19-/m0/s1. The van der Waals surface area contributed by atoms with Crippen molar-refractivity contribution in [3.05, 3.63) is 28.8 Å². The van der Waals surface area contributed by atoms with Gasteiger partial charge in [-0.05, 0) is 25.1 Å². The number of rotatable bonds is 2. The minimum atomic E-state index is -4.68. The third-order valence-electron chi connectivity index (χ3n) is 7.39. The van der Waals surface area contributed by atoms with E-state index >= 15 is 0 Å². The Labute approximate surface area is 180 Å². The van der Waals surface area contributed by atoms with Crippen LogP contribution < -0.4 is 4.90 Å². The van der Waals surface area contributed by atoms with Crippen molar-refractivity contribution in [1.29, 1.82) is 0 Å². The highest BCUT2D eigenvalue weighted by Crippen LogP contribution is 2.66. The Bertz CT molecular complexity index is 990. The molecule has 7 nitrogen and oxygen atoms in total. The van der Waals surface area contributed by atoms with Gasteiger partial charge in [0.25, 0.3) is 0 Å². The summed E-state index contributed by atoms with van der Waals surface area (Å²) in [5, 5.41) is 9.05. The van der Waals surface area contributed by atoms with E-state index in [-0.39, 0.29) is 12.3 Å². The fourth-order valence-corrected chi connectivity index (χ4v) is 6.36. The van der Waals surface area contributed by atoms with Crippen LogP contribution in [0.3, 0.4) is 0 Å². The predicted octanol–water partition coefficient (Wildman–Crippen LogP) is 3.59. The summed E-state index contributed by atoms with van der Waals surface area (Å²) in [6.45, 7) is 1.97. The Morgan fingerprint density at radius 2 is 2.10 bits per heavy atom. The van der Waals surface area contributed by atoms with Crippen molar-refractivity contribution in [2.45, 2.75) is 49.4 Å². The number of hydrogen-bond donors (Lipinski definition) is 1. The van der Waals surface area contributed by atoms with E-state index < -0.39 is 64.1 Å². The maximum absolute atomic E-state index is 13.6. The molecular weight excluding hydrogens is 441 g/mol. The molecule has 4 aliphatic rings. The SMILES string of the molecule is CN(C(=O)O)[C@H]1C[C@@]23CCO[C@H]4[C@@H]2[C@H](C(=O)N4c2ccc(Cl)c(C(F)(F)F)c2)[C@]1(C)O3. The predicted molar refractivity (Wildman–Crippen MR) is 102 cm³/mol. The van der Waals surface area contributed by atoms with Crippen molar-refractivity contribution in [3.63, 3.8) is 0 Å². The average Bonchev–Trinajstić information content (AvgIpc) is 3.25. The van der Waals surface area contributed by atoms with Crippen molar-refractivity contribution in [3.8, 4) is 0 Å². The fraction of sp³-hybridized carbons (Fsp3) is 0.600. The second-order valence-corrected chi connectivity index (χ2v) is 9.26. The lowest BCUT2D eigenvalue weighted by Crippen LogP contribution is -2.58. The lowest BCUT2D eigenvalue weighted by atomic mass is 9.64.